The summed E-state index contributed by atoms with van der Waals surface area (Å²) in [7, 11) is 1.66. The molecule has 0 aliphatic heterocycles. The zero-order chi connectivity index (χ0) is 9.10. The van der Waals surface area contributed by atoms with Crippen molar-refractivity contribution in [2.24, 2.45) is 0 Å². The van der Waals surface area contributed by atoms with Crippen LogP contribution in [0.2, 0.25) is 0 Å². The van der Waals surface area contributed by atoms with Crippen molar-refractivity contribution in [1.82, 2.24) is 10.2 Å². The largest absolute Gasteiger partial charge is 0.497 e. The number of halogens is 1. The van der Waals surface area contributed by atoms with Gasteiger partial charge in [0.2, 0.25) is 0 Å². The SMILES string of the molecule is COc1cccc(-c2cn[nH]c2)c1.Cl. The van der Waals surface area contributed by atoms with Gasteiger partial charge in [-0.05, 0) is 17.7 Å². The molecule has 2 rings (SSSR count). The number of aromatic nitrogens is 2. The molecule has 1 aromatic heterocycles. The molecule has 0 atom stereocenters. The molecular formula is C10H11ClN2O. The molecule has 4 heteroatoms. The normalized spacial score (nSPS) is 9.21. The molecule has 0 fully saturated rings. The Morgan fingerprint density at radius 3 is 2.79 bits per heavy atom. The monoisotopic (exact) mass is 210 g/mol. The molecule has 0 aliphatic carbocycles. The van der Waals surface area contributed by atoms with Gasteiger partial charge in [-0.25, -0.2) is 0 Å². The summed E-state index contributed by atoms with van der Waals surface area (Å²) in [6.07, 6.45) is 3.64. The van der Waals surface area contributed by atoms with E-state index in [9.17, 15) is 0 Å². The van der Waals surface area contributed by atoms with E-state index in [0.29, 0.717) is 0 Å². The summed E-state index contributed by atoms with van der Waals surface area (Å²) in [5.74, 6) is 0.860. The van der Waals surface area contributed by atoms with E-state index in [4.69, 9.17) is 4.74 Å². The lowest BCUT2D eigenvalue weighted by Gasteiger charge is -2.01. The van der Waals surface area contributed by atoms with Gasteiger partial charge in [0.25, 0.3) is 0 Å². The second-order valence-electron chi connectivity index (χ2n) is 2.72. The summed E-state index contributed by atoms with van der Waals surface area (Å²) < 4.78 is 5.12. The number of aromatic amines is 1. The molecule has 1 aromatic carbocycles. The Labute approximate surface area is 88.5 Å². The Morgan fingerprint density at radius 2 is 2.14 bits per heavy atom. The summed E-state index contributed by atoms with van der Waals surface area (Å²) in [4.78, 5) is 0. The molecule has 0 saturated carbocycles. The van der Waals surface area contributed by atoms with Gasteiger partial charge in [0.05, 0.1) is 13.3 Å². The Kier molecular flexibility index (Phi) is 3.54. The molecule has 0 saturated heterocycles. The van der Waals surface area contributed by atoms with Crippen molar-refractivity contribution in [2.45, 2.75) is 0 Å². The molecule has 74 valence electrons. The van der Waals surface area contributed by atoms with Gasteiger partial charge in [0, 0.05) is 11.8 Å². The third-order valence-electron chi connectivity index (χ3n) is 1.90. The lowest BCUT2D eigenvalue weighted by molar-refractivity contribution is 0.415. The lowest BCUT2D eigenvalue weighted by Crippen LogP contribution is -1.82. The summed E-state index contributed by atoms with van der Waals surface area (Å²) in [6.45, 7) is 0. The van der Waals surface area contributed by atoms with Gasteiger partial charge in [-0.1, -0.05) is 12.1 Å². The van der Waals surface area contributed by atoms with E-state index in [1.165, 1.54) is 0 Å². The number of methoxy groups -OCH3 is 1. The van der Waals surface area contributed by atoms with Gasteiger partial charge in [0.15, 0.2) is 0 Å². The van der Waals surface area contributed by atoms with Crippen LogP contribution in [0.4, 0.5) is 0 Å². The zero-order valence-corrected chi connectivity index (χ0v) is 8.54. The van der Waals surface area contributed by atoms with Crippen molar-refractivity contribution in [3.8, 4) is 16.9 Å². The van der Waals surface area contributed by atoms with Crippen molar-refractivity contribution < 1.29 is 4.74 Å². The highest BCUT2D eigenvalue weighted by atomic mass is 35.5. The summed E-state index contributed by atoms with van der Waals surface area (Å²) in [6, 6.07) is 7.88. The number of benzene rings is 1. The van der Waals surface area contributed by atoms with Crippen LogP contribution in [0.25, 0.3) is 11.1 Å². The van der Waals surface area contributed by atoms with Crippen molar-refractivity contribution in [2.75, 3.05) is 7.11 Å². The van der Waals surface area contributed by atoms with E-state index in [0.717, 1.165) is 16.9 Å². The highest BCUT2D eigenvalue weighted by Crippen LogP contribution is 2.22. The van der Waals surface area contributed by atoms with Gasteiger partial charge < -0.3 is 4.74 Å². The first kappa shape index (κ1) is 10.6. The number of hydrogen-bond acceptors (Lipinski definition) is 2. The van der Waals surface area contributed by atoms with Crippen molar-refractivity contribution in [3.63, 3.8) is 0 Å². The van der Waals surface area contributed by atoms with Crippen LogP contribution in [-0.4, -0.2) is 17.3 Å². The number of hydrogen-bond donors (Lipinski definition) is 1. The van der Waals surface area contributed by atoms with Crippen LogP contribution < -0.4 is 4.74 Å². The maximum Gasteiger partial charge on any atom is 0.119 e. The van der Waals surface area contributed by atoms with Gasteiger partial charge in [-0.2, -0.15) is 5.10 Å². The first-order valence-corrected chi connectivity index (χ1v) is 4.03. The molecule has 2 aromatic rings. The molecule has 0 spiro atoms. The Morgan fingerprint density at radius 1 is 1.29 bits per heavy atom. The standard InChI is InChI=1S/C10H10N2O.ClH/c1-13-10-4-2-3-8(5-10)9-6-11-12-7-9;/h2-7H,1H3,(H,11,12);1H. The zero-order valence-electron chi connectivity index (χ0n) is 7.73. The highest BCUT2D eigenvalue weighted by molar-refractivity contribution is 5.85. The van der Waals surface area contributed by atoms with Crippen LogP contribution >= 0.6 is 12.4 Å². The van der Waals surface area contributed by atoms with E-state index < -0.39 is 0 Å². The minimum absolute atomic E-state index is 0. The molecule has 0 radical (unpaired) electrons. The fraction of sp³-hybridized carbons (Fsp3) is 0.100. The van der Waals surface area contributed by atoms with Gasteiger partial charge in [-0.15, -0.1) is 12.4 Å². The molecule has 0 aliphatic rings. The van der Waals surface area contributed by atoms with Crippen LogP contribution in [0.1, 0.15) is 0 Å². The van der Waals surface area contributed by atoms with Crippen LogP contribution in [0.3, 0.4) is 0 Å². The number of ether oxygens (including phenoxy) is 1. The summed E-state index contributed by atoms with van der Waals surface area (Å²) in [5.41, 5.74) is 2.17. The van der Waals surface area contributed by atoms with Crippen molar-refractivity contribution >= 4 is 12.4 Å². The third kappa shape index (κ3) is 2.06. The topological polar surface area (TPSA) is 37.9 Å². The number of H-pyrrole nitrogens is 1. The Balaban J connectivity index is 0.000000980. The third-order valence-corrected chi connectivity index (χ3v) is 1.90. The quantitative estimate of drug-likeness (QED) is 0.827. The van der Waals surface area contributed by atoms with E-state index >= 15 is 0 Å². The molecule has 1 N–H and O–H groups in total. The first-order valence-electron chi connectivity index (χ1n) is 4.03. The molecule has 0 unspecified atom stereocenters. The van der Waals surface area contributed by atoms with Gasteiger partial charge in [-0.3, -0.25) is 5.10 Å². The average Bonchev–Trinajstić information content (AvgIpc) is 2.71. The van der Waals surface area contributed by atoms with E-state index in [2.05, 4.69) is 10.2 Å². The minimum atomic E-state index is 0. The predicted octanol–water partition coefficient (Wildman–Crippen LogP) is 2.51. The molecular weight excluding hydrogens is 200 g/mol. The average molecular weight is 211 g/mol. The maximum absolute atomic E-state index is 5.12. The minimum Gasteiger partial charge on any atom is -0.497 e. The molecule has 1 heterocycles. The fourth-order valence-corrected chi connectivity index (χ4v) is 1.21. The van der Waals surface area contributed by atoms with E-state index in [1.54, 1.807) is 13.3 Å². The van der Waals surface area contributed by atoms with Crippen molar-refractivity contribution in [1.29, 1.82) is 0 Å². The predicted molar refractivity (Wildman–Crippen MR) is 57.8 cm³/mol. The van der Waals surface area contributed by atoms with Gasteiger partial charge >= 0.3 is 0 Å². The van der Waals surface area contributed by atoms with Crippen molar-refractivity contribution in [3.05, 3.63) is 36.7 Å². The first-order chi connectivity index (χ1) is 6.40. The second-order valence-corrected chi connectivity index (χ2v) is 2.72. The fourth-order valence-electron chi connectivity index (χ4n) is 1.21. The Bertz CT molecular complexity index is 387. The maximum atomic E-state index is 5.12. The molecule has 0 amide bonds. The number of nitrogens with zero attached hydrogens (tertiary/aromatic N) is 1. The van der Waals surface area contributed by atoms with E-state index in [1.807, 2.05) is 30.5 Å². The summed E-state index contributed by atoms with van der Waals surface area (Å²) >= 11 is 0. The van der Waals surface area contributed by atoms with Gasteiger partial charge in [0.1, 0.15) is 5.75 Å². The summed E-state index contributed by atoms with van der Waals surface area (Å²) in [5, 5.41) is 6.66. The smallest absolute Gasteiger partial charge is 0.119 e. The lowest BCUT2D eigenvalue weighted by atomic mass is 10.1. The highest BCUT2D eigenvalue weighted by Gasteiger charge is 1.99. The van der Waals surface area contributed by atoms with E-state index in [-0.39, 0.29) is 12.4 Å². The second kappa shape index (κ2) is 4.67. The van der Waals surface area contributed by atoms with Crippen LogP contribution in [-0.2, 0) is 0 Å². The number of nitrogens with one attached hydrogen (secondary N) is 1. The van der Waals surface area contributed by atoms with Crippen LogP contribution in [0.15, 0.2) is 36.7 Å². The Hall–Kier alpha value is -1.48. The van der Waals surface area contributed by atoms with Crippen LogP contribution in [0.5, 0.6) is 5.75 Å². The number of rotatable bonds is 2. The molecule has 3 nitrogen and oxygen atoms in total. The van der Waals surface area contributed by atoms with Crippen LogP contribution in [0, 0.1) is 0 Å². The molecule has 14 heavy (non-hydrogen) atoms. The molecule has 0 bridgehead atoms.